The lowest BCUT2D eigenvalue weighted by atomic mass is 10.1. The van der Waals surface area contributed by atoms with Gasteiger partial charge in [0.2, 0.25) is 21.8 Å². The molecular weight excluding hydrogens is 318 g/mol. The Morgan fingerprint density at radius 1 is 1.00 bits per heavy atom. The fraction of sp³-hybridized carbons (Fsp3) is 0.867. The quantitative estimate of drug-likeness (QED) is 0.733. The number of hydrogen-bond donors (Lipinski definition) is 0. The monoisotopic (exact) mass is 345 g/mol. The van der Waals surface area contributed by atoms with Gasteiger partial charge in [-0.1, -0.05) is 12.8 Å². The molecule has 8 heteroatoms. The Morgan fingerprint density at radius 2 is 1.65 bits per heavy atom. The molecule has 7 nitrogen and oxygen atoms in total. The van der Waals surface area contributed by atoms with Gasteiger partial charge in [-0.3, -0.25) is 9.59 Å². The van der Waals surface area contributed by atoms with E-state index in [9.17, 15) is 18.0 Å². The van der Waals surface area contributed by atoms with Gasteiger partial charge < -0.3 is 9.80 Å². The Morgan fingerprint density at radius 3 is 2.30 bits per heavy atom. The Labute approximate surface area is 138 Å². The summed E-state index contributed by atoms with van der Waals surface area (Å²) >= 11 is 0. The van der Waals surface area contributed by atoms with Crippen LogP contribution in [0.4, 0.5) is 0 Å². The summed E-state index contributed by atoms with van der Waals surface area (Å²) in [6.45, 7) is 3.89. The highest BCUT2D eigenvalue weighted by Gasteiger charge is 2.29. The van der Waals surface area contributed by atoms with Crippen LogP contribution < -0.4 is 0 Å². The first kappa shape index (κ1) is 18.2. The molecule has 132 valence electrons. The van der Waals surface area contributed by atoms with E-state index in [0.29, 0.717) is 39.1 Å². The number of carbonyl (C=O) groups excluding carboxylic acids is 2. The molecule has 0 aromatic rings. The Kier molecular flexibility index (Phi) is 6.41. The highest BCUT2D eigenvalue weighted by molar-refractivity contribution is 7.89. The maximum Gasteiger partial charge on any atom is 0.242 e. The van der Waals surface area contributed by atoms with Gasteiger partial charge >= 0.3 is 0 Å². The number of sulfonamides is 1. The van der Waals surface area contributed by atoms with Crippen LogP contribution in [0.25, 0.3) is 0 Å². The van der Waals surface area contributed by atoms with Crippen molar-refractivity contribution in [3.05, 3.63) is 0 Å². The van der Waals surface area contributed by atoms with E-state index in [2.05, 4.69) is 0 Å². The van der Waals surface area contributed by atoms with Crippen molar-refractivity contribution in [2.75, 3.05) is 45.0 Å². The van der Waals surface area contributed by atoms with Crippen LogP contribution in [0.2, 0.25) is 0 Å². The largest absolute Gasteiger partial charge is 0.339 e. The number of rotatable bonds is 4. The van der Waals surface area contributed by atoms with Gasteiger partial charge in [-0.15, -0.1) is 0 Å². The molecule has 2 aliphatic heterocycles. The van der Waals surface area contributed by atoms with Gasteiger partial charge in [-0.05, 0) is 19.8 Å². The lowest BCUT2D eigenvalue weighted by molar-refractivity contribution is -0.141. The highest BCUT2D eigenvalue weighted by Crippen LogP contribution is 2.13. The average molecular weight is 345 g/mol. The normalized spacial score (nSPS) is 21.9. The molecule has 0 spiro atoms. The van der Waals surface area contributed by atoms with Gasteiger partial charge in [0.25, 0.3) is 0 Å². The van der Waals surface area contributed by atoms with Gasteiger partial charge in [0.1, 0.15) is 0 Å². The molecule has 2 amide bonds. The van der Waals surface area contributed by atoms with E-state index in [1.165, 1.54) is 4.31 Å². The second-order valence-corrected chi connectivity index (χ2v) is 8.42. The first-order chi connectivity index (χ1) is 10.9. The molecule has 0 atom stereocenters. The van der Waals surface area contributed by atoms with Gasteiger partial charge in [0, 0.05) is 39.1 Å². The van der Waals surface area contributed by atoms with Crippen molar-refractivity contribution < 1.29 is 18.0 Å². The smallest absolute Gasteiger partial charge is 0.242 e. The van der Waals surface area contributed by atoms with E-state index in [-0.39, 0.29) is 24.1 Å². The van der Waals surface area contributed by atoms with Gasteiger partial charge in [-0.2, -0.15) is 4.31 Å². The molecule has 2 fully saturated rings. The summed E-state index contributed by atoms with van der Waals surface area (Å²) in [5.41, 5.74) is 0. The van der Waals surface area contributed by atoms with Crippen LogP contribution in [0.1, 0.15) is 39.0 Å². The van der Waals surface area contributed by atoms with Crippen molar-refractivity contribution in [1.29, 1.82) is 0 Å². The van der Waals surface area contributed by atoms with Gasteiger partial charge in [0.05, 0.1) is 12.3 Å². The Bertz CT molecular complexity index is 527. The van der Waals surface area contributed by atoms with Crippen molar-refractivity contribution in [3.8, 4) is 0 Å². The molecule has 23 heavy (non-hydrogen) atoms. The first-order valence-corrected chi connectivity index (χ1v) is 10.1. The molecule has 0 unspecified atom stereocenters. The number of nitrogens with zero attached hydrogens (tertiary/aromatic N) is 3. The van der Waals surface area contributed by atoms with Crippen LogP contribution in [0, 0.1) is 0 Å². The van der Waals surface area contributed by atoms with Crippen LogP contribution in [0.15, 0.2) is 0 Å². The molecule has 0 aromatic carbocycles. The number of likely N-dealkylation sites (tertiary alicyclic amines) is 1. The summed E-state index contributed by atoms with van der Waals surface area (Å²) < 4.78 is 25.1. The molecule has 0 N–H and O–H groups in total. The van der Waals surface area contributed by atoms with Crippen molar-refractivity contribution in [3.63, 3.8) is 0 Å². The van der Waals surface area contributed by atoms with E-state index in [1.54, 1.807) is 16.7 Å². The fourth-order valence-electron chi connectivity index (χ4n) is 3.04. The summed E-state index contributed by atoms with van der Waals surface area (Å²) in [4.78, 5) is 27.8. The van der Waals surface area contributed by atoms with Crippen LogP contribution in [-0.2, 0) is 19.6 Å². The fourth-order valence-corrected chi connectivity index (χ4v) is 4.13. The lowest BCUT2D eigenvalue weighted by Gasteiger charge is -2.35. The number of hydrogen-bond acceptors (Lipinski definition) is 4. The summed E-state index contributed by atoms with van der Waals surface area (Å²) in [6.07, 6.45) is 4.56. The van der Waals surface area contributed by atoms with Crippen LogP contribution in [-0.4, -0.2) is 79.4 Å². The van der Waals surface area contributed by atoms with Crippen molar-refractivity contribution in [1.82, 2.24) is 14.1 Å². The van der Waals surface area contributed by atoms with Crippen LogP contribution in [0.3, 0.4) is 0 Å². The Balaban J connectivity index is 1.86. The molecule has 0 saturated carbocycles. The topological polar surface area (TPSA) is 78.0 Å². The Hall–Kier alpha value is -1.15. The summed E-state index contributed by atoms with van der Waals surface area (Å²) in [5, 5.41) is 0. The third-order valence-corrected chi connectivity index (χ3v) is 6.48. The van der Waals surface area contributed by atoms with Crippen molar-refractivity contribution in [2.45, 2.75) is 39.0 Å². The van der Waals surface area contributed by atoms with E-state index < -0.39 is 10.0 Å². The molecule has 0 bridgehead atoms. The molecule has 0 radical (unpaired) electrons. The van der Waals surface area contributed by atoms with Crippen molar-refractivity contribution >= 4 is 21.8 Å². The third-order valence-electron chi connectivity index (χ3n) is 4.60. The van der Waals surface area contributed by atoms with Crippen LogP contribution in [0.5, 0.6) is 0 Å². The minimum atomic E-state index is -3.18. The van der Waals surface area contributed by atoms with Gasteiger partial charge in [-0.25, -0.2) is 8.42 Å². The first-order valence-electron chi connectivity index (χ1n) is 8.47. The number of piperazine rings is 1. The maximum atomic E-state index is 12.4. The second kappa shape index (κ2) is 8.10. The van der Waals surface area contributed by atoms with Crippen molar-refractivity contribution in [2.24, 2.45) is 0 Å². The minimum Gasteiger partial charge on any atom is -0.339 e. The van der Waals surface area contributed by atoms with E-state index in [0.717, 1.165) is 25.7 Å². The predicted octanol–water partition coefficient (Wildman–Crippen LogP) is 0.273. The number of carbonyl (C=O) groups is 2. The van der Waals surface area contributed by atoms with E-state index in [4.69, 9.17) is 0 Å². The highest BCUT2D eigenvalue weighted by atomic mass is 32.2. The summed E-state index contributed by atoms with van der Waals surface area (Å²) in [6, 6.07) is 0. The average Bonchev–Trinajstić information content (AvgIpc) is 2.54. The van der Waals surface area contributed by atoms with E-state index >= 15 is 0 Å². The number of amides is 2. The molecular formula is C15H27N3O4S. The SMILES string of the molecule is CCS(=O)(=O)N1CCN(C(=O)CN2CCCCCCC2=O)CC1. The zero-order valence-electron chi connectivity index (χ0n) is 13.9. The molecule has 0 aromatic heterocycles. The molecule has 2 rings (SSSR count). The molecule has 2 heterocycles. The molecule has 2 aliphatic rings. The van der Waals surface area contributed by atoms with E-state index in [1.807, 2.05) is 0 Å². The third kappa shape index (κ3) is 4.91. The summed E-state index contributed by atoms with van der Waals surface area (Å²) in [5.74, 6) is 0.0705. The van der Waals surface area contributed by atoms with Gasteiger partial charge in [0.15, 0.2) is 0 Å². The predicted molar refractivity (Wildman–Crippen MR) is 87.3 cm³/mol. The zero-order valence-corrected chi connectivity index (χ0v) is 14.7. The standard InChI is InChI=1S/C15H27N3O4S/c1-2-23(21,22)18-11-9-16(10-12-18)15(20)13-17-8-6-4-3-5-7-14(17)19/h2-13H2,1H3. The zero-order chi connectivity index (χ0) is 16.9. The maximum absolute atomic E-state index is 12.4. The summed E-state index contributed by atoms with van der Waals surface area (Å²) in [7, 11) is -3.18. The molecule has 2 saturated heterocycles. The lowest BCUT2D eigenvalue weighted by Crippen LogP contribution is -2.53. The minimum absolute atomic E-state index is 0.0604. The molecule has 0 aliphatic carbocycles. The van der Waals surface area contributed by atoms with Crippen LogP contribution >= 0.6 is 0 Å². The second-order valence-electron chi connectivity index (χ2n) is 6.16.